The van der Waals surface area contributed by atoms with E-state index in [1.54, 1.807) is 37.3 Å². The average molecular weight is 427 g/mol. The molecule has 1 fully saturated rings. The van der Waals surface area contributed by atoms with Gasteiger partial charge in [-0.25, -0.2) is 0 Å². The summed E-state index contributed by atoms with van der Waals surface area (Å²) in [6.07, 6.45) is -0.0150. The Bertz CT molecular complexity index is 1040. The number of ether oxygens (including phenoxy) is 3. The molecule has 0 saturated carbocycles. The normalized spacial score (nSPS) is 20.0. The van der Waals surface area contributed by atoms with E-state index >= 15 is 0 Å². The Morgan fingerprint density at radius 3 is 2.58 bits per heavy atom. The number of rotatable bonds is 6. The molecule has 1 saturated heterocycles. The largest absolute Gasteiger partial charge is 0.507 e. The predicted molar refractivity (Wildman–Crippen MR) is 111 cm³/mol. The number of likely N-dealkylation sites (tertiary alicyclic amines) is 1. The number of Topliss-reactive ketones (excluding diaryl/α,β-unsaturated/α-hetero) is 1. The third-order valence-electron chi connectivity index (χ3n) is 5.17. The van der Waals surface area contributed by atoms with Gasteiger partial charge >= 0.3 is 0 Å². The summed E-state index contributed by atoms with van der Waals surface area (Å²) in [5.41, 5.74) is 0.328. The van der Waals surface area contributed by atoms with Crippen molar-refractivity contribution in [1.29, 1.82) is 0 Å². The zero-order chi connectivity index (χ0) is 22.1. The van der Waals surface area contributed by atoms with Crippen molar-refractivity contribution in [2.45, 2.75) is 32.9 Å². The van der Waals surface area contributed by atoms with Crippen LogP contribution in [0, 0.1) is 6.92 Å². The van der Waals surface area contributed by atoms with Gasteiger partial charge in [0.1, 0.15) is 36.5 Å². The number of aliphatic hydroxyl groups is 1. The van der Waals surface area contributed by atoms with Gasteiger partial charge in [0, 0.05) is 12.1 Å². The maximum Gasteiger partial charge on any atom is 0.295 e. The molecule has 8 heteroatoms. The molecule has 8 nitrogen and oxygen atoms in total. The quantitative estimate of drug-likeness (QED) is 0.429. The summed E-state index contributed by atoms with van der Waals surface area (Å²) in [6, 6.07) is 7.51. The van der Waals surface area contributed by atoms with Crippen molar-refractivity contribution in [2.24, 2.45) is 0 Å². The lowest BCUT2D eigenvalue weighted by atomic mass is 9.99. The number of hydrogen-bond donors (Lipinski definition) is 1. The molecule has 1 aromatic carbocycles. The second kappa shape index (κ2) is 8.47. The van der Waals surface area contributed by atoms with Crippen molar-refractivity contribution >= 4 is 17.4 Å². The van der Waals surface area contributed by atoms with Gasteiger partial charge in [0.25, 0.3) is 11.7 Å². The fraction of sp³-hybridized carbons (Fsp3) is 0.391. The summed E-state index contributed by atoms with van der Waals surface area (Å²) < 4.78 is 22.4. The van der Waals surface area contributed by atoms with E-state index in [2.05, 4.69) is 0 Å². The van der Waals surface area contributed by atoms with Crippen LogP contribution < -0.4 is 9.47 Å². The van der Waals surface area contributed by atoms with Crippen molar-refractivity contribution in [1.82, 2.24) is 4.90 Å². The van der Waals surface area contributed by atoms with Gasteiger partial charge in [-0.1, -0.05) is 0 Å². The summed E-state index contributed by atoms with van der Waals surface area (Å²) >= 11 is 0. The number of nitrogens with zero attached hydrogens (tertiary/aromatic N) is 1. The molecule has 2 aliphatic rings. The van der Waals surface area contributed by atoms with Gasteiger partial charge in [-0.2, -0.15) is 0 Å². The van der Waals surface area contributed by atoms with Crippen LogP contribution in [-0.4, -0.2) is 54.2 Å². The Balaban J connectivity index is 1.76. The molecule has 2 aliphatic heterocycles. The van der Waals surface area contributed by atoms with E-state index in [0.717, 1.165) is 0 Å². The topological polar surface area (TPSA) is 98.4 Å². The number of carbonyl (C=O) groups excluding carboxylic acids is 2. The van der Waals surface area contributed by atoms with E-state index in [9.17, 15) is 14.7 Å². The van der Waals surface area contributed by atoms with Crippen LogP contribution in [0.1, 0.15) is 37.0 Å². The monoisotopic (exact) mass is 427 g/mol. The van der Waals surface area contributed by atoms with Crippen LogP contribution in [-0.2, 0) is 14.3 Å². The molecule has 0 aliphatic carbocycles. The van der Waals surface area contributed by atoms with Gasteiger partial charge in [-0.3, -0.25) is 9.59 Å². The van der Waals surface area contributed by atoms with Crippen LogP contribution in [0.15, 0.2) is 40.3 Å². The number of hydrogen-bond acceptors (Lipinski definition) is 7. The highest BCUT2D eigenvalue weighted by Crippen LogP contribution is 2.41. The fourth-order valence-corrected chi connectivity index (χ4v) is 3.74. The van der Waals surface area contributed by atoms with Gasteiger partial charge < -0.3 is 28.6 Å². The Morgan fingerprint density at radius 2 is 1.90 bits per heavy atom. The van der Waals surface area contributed by atoms with E-state index < -0.39 is 17.7 Å². The molecule has 1 amide bonds. The highest BCUT2D eigenvalue weighted by molar-refractivity contribution is 6.46. The van der Waals surface area contributed by atoms with E-state index in [4.69, 9.17) is 18.6 Å². The Hall–Kier alpha value is -3.26. The maximum absolute atomic E-state index is 13.0. The number of ketones is 1. The first-order valence-corrected chi connectivity index (χ1v) is 10.2. The van der Waals surface area contributed by atoms with Gasteiger partial charge in [0.2, 0.25) is 0 Å². The van der Waals surface area contributed by atoms with Crippen LogP contribution >= 0.6 is 0 Å². The van der Waals surface area contributed by atoms with Gasteiger partial charge in [0.05, 0.1) is 18.3 Å². The van der Waals surface area contributed by atoms with Crippen molar-refractivity contribution in [3.8, 4) is 11.5 Å². The molecule has 0 spiro atoms. The van der Waals surface area contributed by atoms with E-state index in [1.165, 1.54) is 4.90 Å². The fourth-order valence-electron chi connectivity index (χ4n) is 3.74. The van der Waals surface area contributed by atoms with Crippen molar-refractivity contribution in [3.05, 3.63) is 53.0 Å². The van der Waals surface area contributed by atoms with Crippen LogP contribution in [0.25, 0.3) is 5.76 Å². The summed E-state index contributed by atoms with van der Waals surface area (Å²) in [5, 5.41) is 11.1. The molecule has 1 aromatic heterocycles. The third kappa shape index (κ3) is 4.03. The number of aryl methyl sites for hydroxylation is 1. The zero-order valence-electron chi connectivity index (χ0n) is 17.7. The summed E-state index contributed by atoms with van der Waals surface area (Å²) in [6.45, 7) is 6.84. The summed E-state index contributed by atoms with van der Waals surface area (Å²) in [7, 11) is 0. The standard InChI is InChI=1S/C23H25NO7/c1-13(2)28-9-8-24-20(17-6-4-14(3)31-17)19(22(26)23(24)27)21(25)15-5-7-16-18(12-15)30-11-10-29-16/h4-7,12-13,20,25H,8-11H2,1-3H3/b21-19-. The SMILES string of the molecule is Cc1ccc(C2/C(=C(/O)c3ccc4c(c3)OCCO4)C(=O)C(=O)N2CCOC(C)C)o1. The molecule has 0 bridgehead atoms. The molecule has 1 unspecified atom stereocenters. The van der Waals surface area contributed by atoms with Crippen molar-refractivity contribution in [3.63, 3.8) is 0 Å². The second-order valence-corrected chi connectivity index (χ2v) is 7.72. The zero-order valence-corrected chi connectivity index (χ0v) is 17.7. The predicted octanol–water partition coefficient (Wildman–Crippen LogP) is 3.21. The maximum atomic E-state index is 13.0. The van der Waals surface area contributed by atoms with Crippen LogP contribution in [0.2, 0.25) is 0 Å². The second-order valence-electron chi connectivity index (χ2n) is 7.72. The molecule has 4 rings (SSSR count). The summed E-state index contributed by atoms with van der Waals surface area (Å²) in [4.78, 5) is 27.2. The van der Waals surface area contributed by atoms with Crippen LogP contribution in [0.4, 0.5) is 0 Å². The van der Waals surface area contributed by atoms with Crippen LogP contribution in [0.3, 0.4) is 0 Å². The first-order chi connectivity index (χ1) is 14.9. The molecule has 31 heavy (non-hydrogen) atoms. The van der Waals surface area contributed by atoms with Crippen molar-refractivity contribution < 1.29 is 33.3 Å². The van der Waals surface area contributed by atoms with E-state index in [-0.39, 0.29) is 30.6 Å². The molecular weight excluding hydrogens is 402 g/mol. The van der Waals surface area contributed by atoms with Crippen LogP contribution in [0.5, 0.6) is 11.5 Å². The number of amides is 1. The van der Waals surface area contributed by atoms with E-state index in [0.29, 0.717) is 41.8 Å². The number of benzene rings is 1. The van der Waals surface area contributed by atoms with Gasteiger partial charge in [-0.15, -0.1) is 0 Å². The Labute approximate surface area is 180 Å². The van der Waals surface area contributed by atoms with Crippen molar-refractivity contribution in [2.75, 3.05) is 26.4 Å². The highest BCUT2D eigenvalue weighted by atomic mass is 16.6. The van der Waals surface area contributed by atoms with Gasteiger partial charge in [0.15, 0.2) is 11.5 Å². The van der Waals surface area contributed by atoms with Gasteiger partial charge in [-0.05, 0) is 51.1 Å². The minimum Gasteiger partial charge on any atom is -0.507 e. The highest BCUT2D eigenvalue weighted by Gasteiger charge is 2.47. The lowest BCUT2D eigenvalue weighted by molar-refractivity contribution is -0.140. The molecule has 0 radical (unpaired) electrons. The Kier molecular flexibility index (Phi) is 5.73. The number of aliphatic hydroxyl groups excluding tert-OH is 1. The van der Waals surface area contributed by atoms with E-state index in [1.807, 2.05) is 13.8 Å². The lowest BCUT2D eigenvalue weighted by Crippen LogP contribution is -2.33. The average Bonchev–Trinajstić information content (AvgIpc) is 3.28. The Morgan fingerprint density at radius 1 is 1.16 bits per heavy atom. The first kappa shape index (κ1) is 21.0. The summed E-state index contributed by atoms with van der Waals surface area (Å²) in [5.74, 6) is 0.314. The number of fused-ring (bicyclic) bond motifs is 1. The molecule has 1 N–H and O–H groups in total. The minimum absolute atomic E-state index is 0.0150. The molecule has 1 atom stereocenters. The molecular formula is C23H25NO7. The number of carbonyl (C=O) groups is 2. The minimum atomic E-state index is -0.849. The molecule has 2 aromatic rings. The molecule has 164 valence electrons. The third-order valence-corrected chi connectivity index (χ3v) is 5.17. The molecule has 3 heterocycles. The lowest BCUT2D eigenvalue weighted by Gasteiger charge is -2.24. The number of furan rings is 1. The smallest absolute Gasteiger partial charge is 0.295 e. The first-order valence-electron chi connectivity index (χ1n) is 10.2.